The first kappa shape index (κ1) is 14.2. The Morgan fingerprint density at radius 1 is 1.32 bits per heavy atom. The van der Waals surface area contributed by atoms with Crippen molar-refractivity contribution >= 4 is 40.2 Å². The molecular formula is C13H15ClN2O2S. The number of benzene rings is 1. The number of carbonyl (C=O) groups excluding carboxylic acids is 2. The van der Waals surface area contributed by atoms with Crippen LogP contribution in [0.25, 0.3) is 0 Å². The third-order valence-electron chi connectivity index (χ3n) is 2.62. The number of halogens is 1. The molecule has 0 saturated carbocycles. The normalized spacial score (nSPS) is 19.4. The molecule has 4 nitrogen and oxygen atoms in total. The van der Waals surface area contributed by atoms with E-state index in [1.165, 1.54) is 4.90 Å². The van der Waals surface area contributed by atoms with Gasteiger partial charge in [-0.25, -0.2) is 0 Å². The first-order chi connectivity index (χ1) is 8.97. The molecule has 2 amide bonds. The summed E-state index contributed by atoms with van der Waals surface area (Å²) >= 11 is 6.81. The van der Waals surface area contributed by atoms with Gasteiger partial charge in [0.2, 0.25) is 0 Å². The van der Waals surface area contributed by atoms with Crippen LogP contribution in [-0.2, 0) is 4.79 Å². The highest BCUT2D eigenvalue weighted by Gasteiger charge is 2.39. The van der Waals surface area contributed by atoms with Crippen LogP contribution in [0.1, 0.15) is 13.8 Å². The number of nitrogens with zero attached hydrogens (tertiary/aromatic N) is 1. The van der Waals surface area contributed by atoms with Gasteiger partial charge in [0.25, 0.3) is 11.1 Å². The van der Waals surface area contributed by atoms with E-state index in [9.17, 15) is 9.59 Å². The van der Waals surface area contributed by atoms with E-state index >= 15 is 0 Å². The molecule has 0 aromatic heterocycles. The van der Waals surface area contributed by atoms with Crippen LogP contribution < -0.4 is 5.32 Å². The standard InChI is InChI=1S/C13H15ClN2O2S/c1-8(2)7-16-12(17)11(19-13(16)18)15-10-5-3-9(14)4-6-10/h3-6,8,11,15H,7H2,1-2H3/t11-/m1/s1. The lowest BCUT2D eigenvalue weighted by atomic mass is 10.2. The van der Waals surface area contributed by atoms with E-state index in [1.54, 1.807) is 24.3 Å². The van der Waals surface area contributed by atoms with Crippen LogP contribution in [0, 0.1) is 5.92 Å². The van der Waals surface area contributed by atoms with Crippen molar-refractivity contribution in [2.75, 3.05) is 11.9 Å². The maximum absolute atomic E-state index is 12.1. The van der Waals surface area contributed by atoms with Gasteiger partial charge in [-0.05, 0) is 41.9 Å². The number of amides is 2. The molecule has 1 aromatic rings. The van der Waals surface area contributed by atoms with E-state index in [1.807, 2.05) is 13.8 Å². The summed E-state index contributed by atoms with van der Waals surface area (Å²) in [7, 11) is 0. The molecule has 1 aromatic carbocycles. The summed E-state index contributed by atoms with van der Waals surface area (Å²) in [5, 5.41) is 2.94. The maximum Gasteiger partial charge on any atom is 0.290 e. The zero-order valence-corrected chi connectivity index (χ0v) is 12.3. The van der Waals surface area contributed by atoms with Crippen LogP contribution in [0.2, 0.25) is 5.02 Å². The number of hydrogen-bond acceptors (Lipinski definition) is 4. The van der Waals surface area contributed by atoms with Gasteiger partial charge in [-0.1, -0.05) is 25.4 Å². The second kappa shape index (κ2) is 5.84. The van der Waals surface area contributed by atoms with Gasteiger partial charge in [0, 0.05) is 17.3 Å². The lowest BCUT2D eigenvalue weighted by molar-refractivity contribution is -0.126. The summed E-state index contributed by atoms with van der Waals surface area (Å²) in [5.41, 5.74) is 0.773. The van der Waals surface area contributed by atoms with E-state index in [0.717, 1.165) is 17.4 Å². The van der Waals surface area contributed by atoms with Gasteiger partial charge < -0.3 is 5.32 Å². The Hall–Kier alpha value is -1.20. The largest absolute Gasteiger partial charge is 0.365 e. The van der Waals surface area contributed by atoms with Crippen molar-refractivity contribution in [2.45, 2.75) is 19.2 Å². The summed E-state index contributed by atoms with van der Waals surface area (Å²) in [4.78, 5) is 25.2. The van der Waals surface area contributed by atoms with E-state index in [-0.39, 0.29) is 17.1 Å². The van der Waals surface area contributed by atoms with Crippen molar-refractivity contribution in [1.29, 1.82) is 0 Å². The molecule has 0 spiro atoms. The van der Waals surface area contributed by atoms with Crippen LogP contribution >= 0.6 is 23.4 Å². The summed E-state index contributed by atoms with van der Waals surface area (Å²) in [5.74, 6) is 0.0847. The third-order valence-corrected chi connectivity index (χ3v) is 3.85. The number of hydrogen-bond donors (Lipinski definition) is 1. The van der Waals surface area contributed by atoms with Gasteiger partial charge in [-0.3, -0.25) is 14.5 Å². The second-order valence-electron chi connectivity index (χ2n) is 4.76. The summed E-state index contributed by atoms with van der Waals surface area (Å²) < 4.78 is 0. The molecule has 0 aliphatic carbocycles. The molecule has 6 heteroatoms. The second-order valence-corrected chi connectivity index (χ2v) is 6.25. The molecule has 0 bridgehead atoms. The highest BCUT2D eigenvalue weighted by atomic mass is 35.5. The summed E-state index contributed by atoms with van der Waals surface area (Å²) in [6.45, 7) is 4.42. The molecule has 1 aliphatic heterocycles. The minimum Gasteiger partial charge on any atom is -0.365 e. The fourth-order valence-electron chi connectivity index (χ4n) is 1.76. The zero-order chi connectivity index (χ0) is 14.0. The van der Waals surface area contributed by atoms with Gasteiger partial charge in [0.05, 0.1) is 0 Å². The van der Waals surface area contributed by atoms with Gasteiger partial charge in [0.15, 0.2) is 5.37 Å². The smallest absolute Gasteiger partial charge is 0.290 e. The quantitative estimate of drug-likeness (QED) is 0.925. The average molecular weight is 299 g/mol. The fraction of sp³-hybridized carbons (Fsp3) is 0.385. The molecule has 1 aliphatic rings. The van der Waals surface area contributed by atoms with Crippen molar-refractivity contribution in [3.8, 4) is 0 Å². The number of rotatable bonds is 4. The van der Waals surface area contributed by atoms with Crippen molar-refractivity contribution in [2.24, 2.45) is 5.92 Å². The van der Waals surface area contributed by atoms with Gasteiger partial charge in [0.1, 0.15) is 0 Å². The number of nitrogens with one attached hydrogen (secondary N) is 1. The lowest BCUT2D eigenvalue weighted by Crippen LogP contribution is -2.36. The Morgan fingerprint density at radius 2 is 1.95 bits per heavy atom. The SMILES string of the molecule is CC(C)CN1C(=O)S[C@@H](Nc2ccc(Cl)cc2)C1=O. The van der Waals surface area contributed by atoms with Crippen molar-refractivity contribution < 1.29 is 9.59 Å². The maximum atomic E-state index is 12.1. The fourth-order valence-corrected chi connectivity index (χ4v) is 2.81. The van der Waals surface area contributed by atoms with Gasteiger partial charge in [-0.15, -0.1) is 0 Å². The van der Waals surface area contributed by atoms with Crippen molar-refractivity contribution in [3.05, 3.63) is 29.3 Å². The summed E-state index contributed by atoms with van der Waals surface area (Å²) in [6, 6.07) is 7.04. The molecule has 2 rings (SSSR count). The van der Waals surface area contributed by atoms with Gasteiger partial charge >= 0.3 is 0 Å². The van der Waals surface area contributed by atoms with Crippen LogP contribution in [0.15, 0.2) is 24.3 Å². The number of imide groups is 1. The molecule has 1 N–H and O–H groups in total. The number of anilines is 1. The van der Waals surface area contributed by atoms with Crippen LogP contribution in [0.4, 0.5) is 10.5 Å². The van der Waals surface area contributed by atoms with E-state index in [2.05, 4.69) is 5.32 Å². The van der Waals surface area contributed by atoms with Crippen molar-refractivity contribution in [1.82, 2.24) is 4.90 Å². The Balaban J connectivity index is 2.04. The highest BCUT2D eigenvalue weighted by Crippen LogP contribution is 2.29. The molecule has 1 saturated heterocycles. The Bertz CT molecular complexity index is 490. The third kappa shape index (κ3) is 3.42. The van der Waals surface area contributed by atoms with Crippen LogP contribution in [0.5, 0.6) is 0 Å². The molecule has 102 valence electrons. The Kier molecular flexibility index (Phi) is 4.37. The molecule has 1 atom stereocenters. The van der Waals surface area contributed by atoms with Crippen molar-refractivity contribution in [3.63, 3.8) is 0 Å². The summed E-state index contributed by atoms with van der Waals surface area (Å²) in [6.07, 6.45) is 0. The van der Waals surface area contributed by atoms with E-state index < -0.39 is 5.37 Å². The predicted octanol–water partition coefficient (Wildman–Crippen LogP) is 3.43. The van der Waals surface area contributed by atoms with Gasteiger partial charge in [-0.2, -0.15) is 0 Å². The monoisotopic (exact) mass is 298 g/mol. The average Bonchev–Trinajstić information content (AvgIpc) is 2.60. The molecule has 0 radical (unpaired) electrons. The molecular weight excluding hydrogens is 284 g/mol. The highest BCUT2D eigenvalue weighted by molar-refractivity contribution is 8.15. The first-order valence-corrected chi connectivity index (χ1v) is 7.27. The lowest BCUT2D eigenvalue weighted by Gasteiger charge is -2.16. The minimum atomic E-state index is -0.549. The topological polar surface area (TPSA) is 49.4 Å². The predicted molar refractivity (Wildman–Crippen MR) is 78.4 cm³/mol. The molecule has 19 heavy (non-hydrogen) atoms. The van der Waals surface area contributed by atoms with E-state index in [0.29, 0.717) is 11.6 Å². The Labute approximate surface area is 121 Å². The number of carbonyl (C=O) groups is 2. The molecule has 0 unspecified atom stereocenters. The minimum absolute atomic E-state index is 0.182. The van der Waals surface area contributed by atoms with Crippen LogP contribution in [-0.4, -0.2) is 28.0 Å². The number of thioether (sulfide) groups is 1. The van der Waals surface area contributed by atoms with E-state index in [4.69, 9.17) is 11.6 Å². The first-order valence-electron chi connectivity index (χ1n) is 6.01. The Morgan fingerprint density at radius 3 is 2.53 bits per heavy atom. The zero-order valence-electron chi connectivity index (χ0n) is 10.7. The van der Waals surface area contributed by atoms with Crippen LogP contribution in [0.3, 0.4) is 0 Å². The molecule has 1 fully saturated rings. The molecule has 1 heterocycles.